The first kappa shape index (κ1) is 12.0. The molecule has 0 aliphatic carbocycles. The summed E-state index contributed by atoms with van der Waals surface area (Å²) in [7, 11) is -1.35. The first-order valence-corrected chi connectivity index (χ1v) is 8.58. The van der Waals surface area contributed by atoms with Crippen molar-refractivity contribution in [3.05, 3.63) is 48.1 Å². The molecule has 0 aromatic carbocycles. The standard InChI is InChI=1S/C12H18O2Si/c1-5-10(9-15(2,3)4)12(13)11-7-6-8-14-11/h5-9,12-13H,1H2,2-4H3/b10-9+. The Hall–Kier alpha value is -1.06. The lowest BCUT2D eigenvalue weighted by Gasteiger charge is -2.15. The monoisotopic (exact) mass is 222 g/mol. The Kier molecular flexibility index (Phi) is 3.71. The first-order valence-electron chi connectivity index (χ1n) is 5.00. The molecule has 0 aliphatic rings. The van der Waals surface area contributed by atoms with Gasteiger partial charge in [0.15, 0.2) is 0 Å². The van der Waals surface area contributed by atoms with Gasteiger partial charge in [0.05, 0.1) is 14.3 Å². The van der Waals surface area contributed by atoms with Crippen LogP contribution in [0, 0.1) is 0 Å². The quantitative estimate of drug-likeness (QED) is 0.626. The van der Waals surface area contributed by atoms with Crippen LogP contribution >= 0.6 is 0 Å². The average molecular weight is 222 g/mol. The molecular formula is C12H18O2Si. The summed E-state index contributed by atoms with van der Waals surface area (Å²) in [5, 5.41) is 10.0. The molecular weight excluding hydrogens is 204 g/mol. The Labute approximate surface area is 91.9 Å². The lowest BCUT2D eigenvalue weighted by molar-refractivity contribution is 0.189. The molecule has 0 aliphatic heterocycles. The third-order valence-electron chi connectivity index (χ3n) is 1.96. The second kappa shape index (κ2) is 4.64. The van der Waals surface area contributed by atoms with Gasteiger partial charge in [-0.2, -0.15) is 0 Å². The van der Waals surface area contributed by atoms with Crippen LogP contribution in [0.15, 0.2) is 46.7 Å². The molecule has 3 heteroatoms. The fourth-order valence-corrected chi connectivity index (χ4v) is 2.64. The van der Waals surface area contributed by atoms with Gasteiger partial charge in [0.2, 0.25) is 0 Å². The summed E-state index contributed by atoms with van der Waals surface area (Å²) in [6.45, 7) is 10.4. The van der Waals surface area contributed by atoms with Crippen molar-refractivity contribution in [1.82, 2.24) is 0 Å². The normalized spacial score (nSPS) is 15.1. The van der Waals surface area contributed by atoms with Crippen molar-refractivity contribution in [2.24, 2.45) is 0 Å². The lowest BCUT2D eigenvalue weighted by Crippen LogP contribution is -2.18. The first-order chi connectivity index (χ1) is 6.94. The van der Waals surface area contributed by atoms with Gasteiger partial charge in [-0.1, -0.05) is 38.0 Å². The van der Waals surface area contributed by atoms with Crippen LogP contribution in [0.4, 0.5) is 0 Å². The van der Waals surface area contributed by atoms with Gasteiger partial charge in [0, 0.05) is 0 Å². The van der Waals surface area contributed by atoms with Crippen LogP contribution in [0.2, 0.25) is 19.6 Å². The Balaban J connectivity index is 2.94. The van der Waals surface area contributed by atoms with Crippen molar-refractivity contribution in [1.29, 1.82) is 0 Å². The molecule has 1 aromatic rings. The molecule has 2 nitrogen and oxygen atoms in total. The number of hydrogen-bond acceptors (Lipinski definition) is 2. The zero-order chi connectivity index (χ0) is 11.5. The van der Waals surface area contributed by atoms with Crippen LogP contribution in [0.1, 0.15) is 11.9 Å². The molecule has 82 valence electrons. The number of hydrogen-bond donors (Lipinski definition) is 1. The van der Waals surface area contributed by atoms with Crippen molar-refractivity contribution in [3.8, 4) is 0 Å². The fraction of sp³-hybridized carbons (Fsp3) is 0.333. The van der Waals surface area contributed by atoms with E-state index in [-0.39, 0.29) is 0 Å². The van der Waals surface area contributed by atoms with E-state index in [0.29, 0.717) is 5.76 Å². The van der Waals surface area contributed by atoms with Gasteiger partial charge in [0.1, 0.15) is 11.9 Å². The lowest BCUT2D eigenvalue weighted by atomic mass is 10.1. The van der Waals surface area contributed by atoms with Crippen molar-refractivity contribution in [2.75, 3.05) is 0 Å². The molecule has 0 saturated carbocycles. The van der Waals surface area contributed by atoms with Crippen LogP contribution in [0.3, 0.4) is 0 Å². The summed E-state index contributed by atoms with van der Waals surface area (Å²) in [4.78, 5) is 0. The van der Waals surface area contributed by atoms with Crippen LogP contribution in [0.5, 0.6) is 0 Å². The third kappa shape index (κ3) is 3.53. The molecule has 0 radical (unpaired) electrons. The molecule has 0 amide bonds. The predicted molar refractivity (Wildman–Crippen MR) is 65.3 cm³/mol. The smallest absolute Gasteiger partial charge is 0.136 e. The molecule has 0 bridgehead atoms. The van der Waals surface area contributed by atoms with E-state index in [1.54, 1.807) is 24.5 Å². The van der Waals surface area contributed by atoms with E-state index in [0.717, 1.165) is 5.57 Å². The van der Waals surface area contributed by atoms with E-state index in [9.17, 15) is 5.11 Å². The molecule has 0 saturated heterocycles. The summed E-state index contributed by atoms with van der Waals surface area (Å²) >= 11 is 0. The molecule has 0 spiro atoms. The maximum Gasteiger partial charge on any atom is 0.136 e. The van der Waals surface area contributed by atoms with E-state index in [4.69, 9.17) is 4.42 Å². The van der Waals surface area contributed by atoms with Crippen LogP contribution < -0.4 is 0 Å². The Morgan fingerprint density at radius 3 is 2.60 bits per heavy atom. The Bertz CT molecular complexity index is 344. The van der Waals surface area contributed by atoms with Gasteiger partial charge in [-0.05, 0) is 17.7 Å². The number of aliphatic hydroxyl groups is 1. The van der Waals surface area contributed by atoms with Crippen LogP contribution in [0.25, 0.3) is 0 Å². The summed E-state index contributed by atoms with van der Waals surface area (Å²) in [5.74, 6) is 0.569. The van der Waals surface area contributed by atoms with Gasteiger partial charge < -0.3 is 9.52 Å². The topological polar surface area (TPSA) is 33.4 Å². The van der Waals surface area contributed by atoms with E-state index in [2.05, 4.69) is 31.9 Å². The SMILES string of the molecule is C=C/C(=C\[Si](C)(C)C)C(O)c1ccco1. The van der Waals surface area contributed by atoms with Crippen LogP contribution in [-0.4, -0.2) is 13.2 Å². The van der Waals surface area contributed by atoms with Crippen molar-refractivity contribution >= 4 is 8.07 Å². The Morgan fingerprint density at radius 1 is 1.53 bits per heavy atom. The Morgan fingerprint density at radius 2 is 2.20 bits per heavy atom. The van der Waals surface area contributed by atoms with E-state index in [1.807, 2.05) is 0 Å². The maximum absolute atomic E-state index is 10.0. The zero-order valence-corrected chi connectivity index (χ0v) is 10.5. The summed E-state index contributed by atoms with van der Waals surface area (Å²) in [5.41, 5.74) is 2.97. The highest BCUT2D eigenvalue weighted by Crippen LogP contribution is 2.24. The minimum absolute atomic E-state index is 0.569. The number of rotatable bonds is 4. The van der Waals surface area contributed by atoms with E-state index in [1.165, 1.54) is 0 Å². The minimum Gasteiger partial charge on any atom is -0.466 e. The molecule has 1 heterocycles. The maximum atomic E-state index is 10.0. The minimum atomic E-state index is -1.35. The molecule has 0 fully saturated rings. The second-order valence-electron chi connectivity index (χ2n) is 4.63. The summed E-state index contributed by atoms with van der Waals surface area (Å²) in [6.07, 6.45) is 2.57. The highest BCUT2D eigenvalue weighted by Gasteiger charge is 2.17. The van der Waals surface area contributed by atoms with Gasteiger partial charge in [-0.25, -0.2) is 0 Å². The van der Waals surface area contributed by atoms with Crippen LogP contribution in [-0.2, 0) is 0 Å². The number of aliphatic hydroxyl groups excluding tert-OH is 1. The van der Waals surface area contributed by atoms with Crippen molar-refractivity contribution in [3.63, 3.8) is 0 Å². The van der Waals surface area contributed by atoms with Crippen molar-refractivity contribution < 1.29 is 9.52 Å². The van der Waals surface area contributed by atoms with Gasteiger partial charge in [-0.15, -0.1) is 0 Å². The third-order valence-corrected chi connectivity index (χ3v) is 3.16. The molecule has 1 atom stereocenters. The number of furan rings is 1. The van der Waals surface area contributed by atoms with Gasteiger partial charge in [0.25, 0.3) is 0 Å². The molecule has 1 unspecified atom stereocenters. The van der Waals surface area contributed by atoms with Gasteiger partial charge >= 0.3 is 0 Å². The van der Waals surface area contributed by atoms with E-state index >= 15 is 0 Å². The zero-order valence-electron chi connectivity index (χ0n) is 9.53. The fourth-order valence-electron chi connectivity index (χ4n) is 1.36. The highest BCUT2D eigenvalue weighted by atomic mass is 28.3. The molecule has 1 aromatic heterocycles. The van der Waals surface area contributed by atoms with Gasteiger partial charge in [-0.3, -0.25) is 0 Å². The summed E-state index contributed by atoms with van der Waals surface area (Å²) < 4.78 is 5.17. The average Bonchev–Trinajstić information content (AvgIpc) is 2.64. The second-order valence-corrected chi connectivity index (χ2v) is 9.65. The predicted octanol–water partition coefficient (Wildman–Crippen LogP) is 3.30. The highest BCUT2D eigenvalue weighted by molar-refractivity contribution is 6.81. The van der Waals surface area contributed by atoms with E-state index < -0.39 is 14.2 Å². The molecule has 15 heavy (non-hydrogen) atoms. The summed E-state index contributed by atoms with van der Waals surface area (Å²) in [6, 6.07) is 3.54. The molecule has 1 N–H and O–H groups in total. The molecule has 1 rings (SSSR count). The largest absolute Gasteiger partial charge is 0.466 e. The van der Waals surface area contributed by atoms with Crippen molar-refractivity contribution in [2.45, 2.75) is 25.7 Å².